The molecule has 40 valence electrons. The van der Waals surface area contributed by atoms with Crippen LogP contribution in [0.1, 0.15) is 0 Å². The molecule has 8 radical (unpaired) electrons. The molecule has 9 heavy (non-hydrogen) atoms. The standard InChI is InChI=1S/4Na.4H2O.Si/h;;;;4*1H2;. The second kappa shape index (κ2) is 89.6. The summed E-state index contributed by atoms with van der Waals surface area (Å²) in [6, 6.07) is 0. The third-order valence-electron chi connectivity index (χ3n) is 0. The average Bonchev–Trinajstić information content (AvgIpc) is 0. The zero-order valence-corrected chi connectivity index (χ0v) is 15.5. The number of hydrogen-bond donors (Lipinski definition) is 0. The second-order valence-corrected chi connectivity index (χ2v) is 0. The van der Waals surface area contributed by atoms with Crippen LogP contribution in [0.2, 0.25) is 0 Å². The third kappa shape index (κ3) is 74.1. The maximum Gasteiger partial charge on any atom is 0 e. The summed E-state index contributed by atoms with van der Waals surface area (Å²) in [5.74, 6) is 0. The van der Waals surface area contributed by atoms with Crippen LogP contribution in [-0.4, -0.2) is 151 Å². The first-order chi connectivity index (χ1) is 0. The molecule has 0 rings (SSSR count). The molecule has 8 N–H and O–H groups in total. The van der Waals surface area contributed by atoms with Crippen LogP contribution in [0.15, 0.2) is 0 Å². The van der Waals surface area contributed by atoms with E-state index in [0.29, 0.717) is 0 Å². The van der Waals surface area contributed by atoms with Gasteiger partial charge in [0.1, 0.15) is 0 Å². The largest absolute Gasteiger partial charge is 0.412 e. The summed E-state index contributed by atoms with van der Waals surface area (Å²) in [6.07, 6.45) is 0. The number of hydrogen-bond acceptors (Lipinski definition) is 0. The van der Waals surface area contributed by atoms with E-state index in [1.807, 2.05) is 0 Å². The van der Waals surface area contributed by atoms with Crippen molar-refractivity contribution < 1.29 is 21.9 Å². The summed E-state index contributed by atoms with van der Waals surface area (Å²) in [6.45, 7) is 0. The fourth-order valence-corrected chi connectivity index (χ4v) is 0. The van der Waals surface area contributed by atoms with Crippen LogP contribution in [0, 0.1) is 0 Å². The van der Waals surface area contributed by atoms with E-state index >= 15 is 0 Å². The van der Waals surface area contributed by atoms with Crippen LogP contribution in [0.3, 0.4) is 0 Å². The van der Waals surface area contributed by atoms with Gasteiger partial charge in [0.25, 0.3) is 0 Å². The normalized spacial score (nSPS) is 0. The van der Waals surface area contributed by atoms with E-state index in [1.54, 1.807) is 0 Å². The van der Waals surface area contributed by atoms with Gasteiger partial charge in [0, 0.05) is 129 Å². The smallest absolute Gasteiger partial charge is 0 e. The van der Waals surface area contributed by atoms with Gasteiger partial charge in [-0.1, -0.05) is 0 Å². The van der Waals surface area contributed by atoms with Crippen LogP contribution < -0.4 is 0 Å². The van der Waals surface area contributed by atoms with Crippen molar-refractivity contribution >= 4 is 129 Å². The Morgan fingerprint density at radius 2 is 0.333 bits per heavy atom. The van der Waals surface area contributed by atoms with E-state index in [4.69, 9.17) is 0 Å². The molecule has 0 spiro atoms. The van der Waals surface area contributed by atoms with Gasteiger partial charge in [-0.2, -0.15) is 0 Å². The topological polar surface area (TPSA) is 126 Å². The van der Waals surface area contributed by atoms with Gasteiger partial charge in [0.05, 0.1) is 0 Å². The van der Waals surface area contributed by atoms with Gasteiger partial charge in [0.15, 0.2) is 0 Å². The Hall–Kier alpha value is 4.06. The van der Waals surface area contributed by atoms with Gasteiger partial charge >= 0.3 is 0 Å². The Morgan fingerprint density at radius 1 is 0.333 bits per heavy atom. The molecule has 0 amide bonds. The van der Waals surface area contributed by atoms with E-state index in [2.05, 4.69) is 0 Å². The summed E-state index contributed by atoms with van der Waals surface area (Å²) in [4.78, 5) is 0. The predicted octanol–water partition coefficient (Wildman–Crippen LogP) is -5.20. The molecular formula is H8Na4O4Si. The van der Waals surface area contributed by atoms with Crippen molar-refractivity contribution in [2.75, 3.05) is 0 Å². The minimum Gasteiger partial charge on any atom is -0.412 e. The summed E-state index contributed by atoms with van der Waals surface area (Å²) in [5, 5.41) is 0. The summed E-state index contributed by atoms with van der Waals surface area (Å²) < 4.78 is 0. The fourth-order valence-electron chi connectivity index (χ4n) is 0. The van der Waals surface area contributed by atoms with Gasteiger partial charge in [-0.3, -0.25) is 0 Å². The fraction of sp³-hybridized carbons (Fsp3) is 0. The quantitative estimate of drug-likeness (QED) is 0.340. The summed E-state index contributed by atoms with van der Waals surface area (Å²) >= 11 is 0. The molecule has 0 atom stereocenters. The minimum absolute atomic E-state index is 0. The first-order valence-electron chi connectivity index (χ1n) is 0. The first kappa shape index (κ1) is 115. The van der Waals surface area contributed by atoms with E-state index in [-0.39, 0.29) is 151 Å². The zero-order chi connectivity index (χ0) is 0. The van der Waals surface area contributed by atoms with Gasteiger partial charge in [-0.05, 0) is 0 Å². The molecule has 0 fully saturated rings. The molecule has 0 unspecified atom stereocenters. The molecule has 4 nitrogen and oxygen atoms in total. The molecule has 0 aromatic rings. The minimum atomic E-state index is 0. The molecule has 0 aromatic carbocycles. The van der Waals surface area contributed by atoms with Crippen molar-refractivity contribution in [2.24, 2.45) is 0 Å². The second-order valence-electron chi connectivity index (χ2n) is 0. The van der Waals surface area contributed by atoms with E-state index < -0.39 is 0 Å². The van der Waals surface area contributed by atoms with Gasteiger partial charge < -0.3 is 21.9 Å². The molecule has 0 saturated carbocycles. The summed E-state index contributed by atoms with van der Waals surface area (Å²) in [5.41, 5.74) is 0. The van der Waals surface area contributed by atoms with Crippen molar-refractivity contribution in [1.82, 2.24) is 0 Å². The summed E-state index contributed by atoms with van der Waals surface area (Å²) in [7, 11) is 0. The zero-order valence-electron chi connectivity index (χ0n) is 6.50. The van der Waals surface area contributed by atoms with Gasteiger partial charge in [0.2, 0.25) is 0 Å². The molecule has 0 bridgehead atoms. The Labute approximate surface area is 148 Å². The maximum absolute atomic E-state index is 0. The van der Waals surface area contributed by atoms with E-state index in [1.165, 1.54) is 0 Å². The van der Waals surface area contributed by atoms with Crippen molar-refractivity contribution in [1.29, 1.82) is 0 Å². The number of rotatable bonds is 0. The van der Waals surface area contributed by atoms with Crippen molar-refractivity contribution in [3.63, 3.8) is 0 Å². The molecule has 0 heterocycles. The van der Waals surface area contributed by atoms with Crippen LogP contribution in [0.4, 0.5) is 0 Å². The SMILES string of the molecule is O.O.O.O.[Na].[Na].[Na].[Na].[Si]. The van der Waals surface area contributed by atoms with Crippen LogP contribution >= 0.6 is 0 Å². The first-order valence-corrected chi connectivity index (χ1v) is 0. The Kier molecular flexibility index (Phi) is 1150. The van der Waals surface area contributed by atoms with E-state index in [9.17, 15) is 0 Å². The average molecular weight is 192 g/mol. The third-order valence-corrected chi connectivity index (χ3v) is 0. The Morgan fingerprint density at radius 3 is 0.333 bits per heavy atom. The monoisotopic (exact) mass is 192 g/mol. The van der Waals surface area contributed by atoms with Crippen LogP contribution in [0.25, 0.3) is 0 Å². The molecule has 0 aliphatic rings. The van der Waals surface area contributed by atoms with Gasteiger partial charge in [-0.15, -0.1) is 0 Å². The van der Waals surface area contributed by atoms with Crippen molar-refractivity contribution in [3.8, 4) is 0 Å². The van der Waals surface area contributed by atoms with Crippen molar-refractivity contribution in [3.05, 3.63) is 0 Å². The molecule has 9 heteroatoms. The molecule has 0 aromatic heterocycles. The molecule has 0 saturated heterocycles. The van der Waals surface area contributed by atoms with Gasteiger partial charge in [-0.25, -0.2) is 0 Å². The molecule has 0 aliphatic carbocycles. The Bertz CT molecular complexity index is 12.5. The Balaban J connectivity index is 0. The molecular weight excluding hydrogens is 184 g/mol. The van der Waals surface area contributed by atoms with Crippen LogP contribution in [0.5, 0.6) is 0 Å². The van der Waals surface area contributed by atoms with E-state index in [0.717, 1.165) is 0 Å². The predicted molar refractivity (Wildman–Crippen MR) is 43.2 cm³/mol. The van der Waals surface area contributed by atoms with Crippen LogP contribution in [-0.2, 0) is 0 Å². The molecule has 0 aliphatic heterocycles. The maximum atomic E-state index is 0. The van der Waals surface area contributed by atoms with Crippen molar-refractivity contribution in [2.45, 2.75) is 0 Å².